The van der Waals surface area contributed by atoms with Crippen molar-refractivity contribution in [3.8, 4) is 0 Å². The first-order valence-corrected chi connectivity index (χ1v) is 16.1. The zero-order chi connectivity index (χ0) is 24.1. The van der Waals surface area contributed by atoms with Gasteiger partial charge in [0.1, 0.15) is 0 Å². The van der Waals surface area contributed by atoms with Gasteiger partial charge in [-0.15, -0.1) is 17.0 Å². The van der Waals surface area contributed by atoms with E-state index in [2.05, 4.69) is 124 Å². The fourth-order valence-corrected chi connectivity index (χ4v) is 12.3. The molecule has 0 spiro atoms. The maximum atomic E-state index is 2.54. The molecule has 1 unspecified atom stereocenters. The van der Waals surface area contributed by atoms with Crippen molar-refractivity contribution in [1.82, 2.24) is 0 Å². The zero-order valence-electron chi connectivity index (χ0n) is 22.1. The summed E-state index contributed by atoms with van der Waals surface area (Å²) in [6.07, 6.45) is 16.2. The normalized spacial score (nSPS) is 13.6. The molecular formula is C33H46BrP. The van der Waals surface area contributed by atoms with E-state index in [9.17, 15) is 0 Å². The molecule has 0 aliphatic heterocycles. The minimum absolute atomic E-state index is 0. The summed E-state index contributed by atoms with van der Waals surface area (Å²) in [5.41, 5.74) is 0. The topological polar surface area (TPSA) is 0 Å². The van der Waals surface area contributed by atoms with Crippen molar-refractivity contribution in [3.05, 3.63) is 103 Å². The van der Waals surface area contributed by atoms with Crippen LogP contribution in [-0.2, 0) is 0 Å². The predicted octanol–water partition coefficient (Wildman–Crippen LogP) is 9.06. The molecule has 0 N–H and O–H groups in total. The van der Waals surface area contributed by atoms with Crippen LogP contribution in [-0.4, -0.2) is 12.3 Å². The van der Waals surface area contributed by atoms with Gasteiger partial charge in [0, 0.05) is 0 Å². The molecule has 0 saturated heterocycles. The van der Waals surface area contributed by atoms with Crippen LogP contribution in [0.5, 0.6) is 0 Å². The van der Waals surface area contributed by atoms with E-state index in [0.29, 0.717) is 0 Å². The molecule has 0 heterocycles. The second-order valence-electron chi connectivity index (χ2n) is 10.1. The third kappa shape index (κ3) is 6.75. The molecule has 0 saturated carbocycles. The van der Waals surface area contributed by atoms with E-state index in [0.717, 1.165) is 12.1 Å². The average Bonchev–Trinajstić information content (AvgIpc) is 2.91. The molecule has 1 atom stereocenters. The summed E-state index contributed by atoms with van der Waals surface area (Å²) in [6, 6.07) is 34.6. The Morgan fingerprint density at radius 2 is 1.09 bits per heavy atom. The van der Waals surface area contributed by atoms with Crippen molar-refractivity contribution in [2.45, 2.75) is 65.7 Å². The Labute approximate surface area is 226 Å². The quantitative estimate of drug-likeness (QED) is 0.106. The Morgan fingerprint density at radius 3 is 1.51 bits per heavy atom. The number of hydrogen-bond acceptors (Lipinski definition) is 0. The van der Waals surface area contributed by atoms with E-state index >= 15 is 0 Å². The summed E-state index contributed by atoms with van der Waals surface area (Å²) >= 11 is 0. The molecule has 3 rings (SSSR count). The predicted molar refractivity (Wildman–Crippen MR) is 167 cm³/mol. The van der Waals surface area contributed by atoms with Gasteiger partial charge in [0.2, 0.25) is 0 Å². The standard InChI is InChI=1S/C33H45P.BrH/c1-4-6-8-9-19-28-34(31-21-13-10-14-22-31,32-23-15-11-16-24-32,33-25-17-12-18-26-33)29-27-30(3)20-7-5-2;/h9-19,21-26,30H,4-8,20,27-29H2,1-3H3;1H. The minimum atomic E-state index is -2.75. The van der Waals surface area contributed by atoms with E-state index in [1.165, 1.54) is 67.0 Å². The third-order valence-corrected chi connectivity index (χ3v) is 14.6. The zero-order valence-corrected chi connectivity index (χ0v) is 24.7. The molecule has 190 valence electrons. The number of halogens is 1. The van der Waals surface area contributed by atoms with Crippen LogP contribution in [0.2, 0.25) is 0 Å². The molecule has 0 aliphatic carbocycles. The van der Waals surface area contributed by atoms with Crippen molar-refractivity contribution in [1.29, 1.82) is 0 Å². The van der Waals surface area contributed by atoms with Crippen molar-refractivity contribution < 1.29 is 0 Å². The molecule has 0 amide bonds. The third-order valence-electron chi connectivity index (χ3n) is 7.70. The van der Waals surface area contributed by atoms with Crippen molar-refractivity contribution >= 4 is 39.5 Å². The number of rotatable bonds is 14. The van der Waals surface area contributed by atoms with Gasteiger partial charge in [-0.2, -0.15) is 0 Å². The summed E-state index contributed by atoms with van der Waals surface area (Å²) < 4.78 is 0. The Bertz CT molecular complexity index is 882. The SMILES string of the molecule is Br.CCCCC=CCP(CCC(C)CCCC)(c1ccccc1)(c1ccccc1)c1ccccc1. The van der Waals surface area contributed by atoms with Crippen LogP contribution >= 0.6 is 23.6 Å². The molecule has 0 fully saturated rings. The fourth-order valence-electron chi connectivity index (χ4n) is 5.55. The Morgan fingerprint density at radius 1 is 0.629 bits per heavy atom. The molecular weight excluding hydrogens is 507 g/mol. The first kappa shape index (κ1) is 29.5. The van der Waals surface area contributed by atoms with Crippen LogP contribution in [0.25, 0.3) is 0 Å². The van der Waals surface area contributed by atoms with Crippen molar-refractivity contribution in [3.63, 3.8) is 0 Å². The molecule has 0 radical (unpaired) electrons. The number of unbranched alkanes of at least 4 members (excludes halogenated alkanes) is 3. The summed E-state index contributed by atoms with van der Waals surface area (Å²) in [5, 5.41) is 4.61. The Kier molecular flexibility index (Phi) is 12.5. The fraction of sp³-hybridized carbons (Fsp3) is 0.394. The molecule has 0 bridgehead atoms. The van der Waals surface area contributed by atoms with Crippen LogP contribution in [0, 0.1) is 5.92 Å². The van der Waals surface area contributed by atoms with Gasteiger partial charge in [0.15, 0.2) is 0 Å². The second kappa shape index (κ2) is 14.8. The molecule has 0 nitrogen and oxygen atoms in total. The number of hydrogen-bond donors (Lipinski definition) is 0. The van der Waals surface area contributed by atoms with Gasteiger partial charge < -0.3 is 0 Å². The first-order chi connectivity index (χ1) is 16.7. The molecule has 3 aromatic carbocycles. The molecule has 2 heteroatoms. The van der Waals surface area contributed by atoms with Gasteiger partial charge in [0.05, 0.1) is 0 Å². The first-order valence-electron chi connectivity index (χ1n) is 13.5. The van der Waals surface area contributed by atoms with Crippen molar-refractivity contribution in [2.75, 3.05) is 12.3 Å². The van der Waals surface area contributed by atoms with E-state index in [1.807, 2.05) is 0 Å². The van der Waals surface area contributed by atoms with Crippen LogP contribution in [0.4, 0.5) is 0 Å². The van der Waals surface area contributed by atoms with Crippen molar-refractivity contribution in [2.24, 2.45) is 5.92 Å². The maximum absolute atomic E-state index is 2.75. The monoisotopic (exact) mass is 552 g/mol. The van der Waals surface area contributed by atoms with Crippen LogP contribution in [0.15, 0.2) is 103 Å². The van der Waals surface area contributed by atoms with Gasteiger partial charge >= 0.3 is 210 Å². The molecule has 0 aromatic heterocycles. The van der Waals surface area contributed by atoms with Crippen LogP contribution in [0.3, 0.4) is 0 Å². The Balaban J connectivity index is 0.00000432. The summed E-state index contributed by atoms with van der Waals surface area (Å²) in [7, 11) is 0. The number of allylic oxidation sites excluding steroid dienone is 2. The van der Waals surface area contributed by atoms with Gasteiger partial charge in [-0.1, -0.05) is 0 Å². The van der Waals surface area contributed by atoms with Gasteiger partial charge in [0.25, 0.3) is 0 Å². The number of benzene rings is 3. The summed E-state index contributed by atoms with van der Waals surface area (Å²) in [4.78, 5) is 0. The van der Waals surface area contributed by atoms with Gasteiger partial charge in [-0.3, -0.25) is 0 Å². The van der Waals surface area contributed by atoms with Gasteiger partial charge in [-0.25, -0.2) is 0 Å². The van der Waals surface area contributed by atoms with E-state index in [1.54, 1.807) is 0 Å². The van der Waals surface area contributed by atoms with Gasteiger partial charge in [-0.05, 0) is 0 Å². The van der Waals surface area contributed by atoms with E-state index < -0.39 is 6.60 Å². The molecule has 35 heavy (non-hydrogen) atoms. The second-order valence-corrected chi connectivity index (χ2v) is 15.4. The molecule has 0 aliphatic rings. The van der Waals surface area contributed by atoms with Crippen LogP contribution < -0.4 is 15.9 Å². The van der Waals surface area contributed by atoms with Crippen LogP contribution in [0.1, 0.15) is 65.7 Å². The van der Waals surface area contributed by atoms with E-state index in [4.69, 9.17) is 0 Å². The molecule has 3 aromatic rings. The summed E-state index contributed by atoms with van der Waals surface area (Å²) in [6.45, 7) is 4.32. The van der Waals surface area contributed by atoms with E-state index in [-0.39, 0.29) is 17.0 Å². The average molecular weight is 554 g/mol. The summed E-state index contributed by atoms with van der Waals surface area (Å²) in [5.74, 6) is 0.738. The Hall–Kier alpha value is -1.69.